The number of fused-ring (bicyclic) bond motifs is 1. The van der Waals surface area contributed by atoms with Crippen molar-refractivity contribution < 1.29 is 0 Å². The minimum Gasteiger partial charge on any atom is -0.372 e. The van der Waals surface area contributed by atoms with E-state index in [4.69, 9.17) is 0 Å². The largest absolute Gasteiger partial charge is 0.372 e. The molecule has 0 N–H and O–H groups in total. The molecular weight excluding hydrogens is 184 g/mol. The first-order chi connectivity index (χ1) is 7.08. The predicted molar refractivity (Wildman–Crippen MR) is 66.6 cm³/mol. The van der Waals surface area contributed by atoms with Crippen molar-refractivity contribution in [3.8, 4) is 0 Å². The molecule has 1 aromatic carbocycles. The first-order valence-corrected chi connectivity index (χ1v) is 5.44. The third kappa shape index (κ3) is 1.89. The third-order valence-electron chi connectivity index (χ3n) is 3.12. The maximum atomic E-state index is 4.67. The summed E-state index contributed by atoms with van der Waals surface area (Å²) in [5, 5.41) is 0. The number of aryl methyl sites for hydroxylation is 2. The van der Waals surface area contributed by atoms with Gasteiger partial charge >= 0.3 is 0 Å². The van der Waals surface area contributed by atoms with Gasteiger partial charge in [0.2, 0.25) is 0 Å². The Morgan fingerprint density at radius 3 is 2.53 bits per heavy atom. The number of hydrogen-bond acceptors (Lipinski definition) is 2. The first kappa shape index (κ1) is 10.2. The molecule has 2 rings (SSSR count). The van der Waals surface area contributed by atoms with Crippen LogP contribution in [0.1, 0.15) is 24.5 Å². The van der Waals surface area contributed by atoms with Gasteiger partial charge in [-0.25, -0.2) is 0 Å². The molecule has 2 nitrogen and oxygen atoms in total. The van der Waals surface area contributed by atoms with Crippen molar-refractivity contribution in [2.24, 2.45) is 4.99 Å². The highest BCUT2D eigenvalue weighted by Crippen LogP contribution is 2.33. The van der Waals surface area contributed by atoms with Crippen LogP contribution in [0.5, 0.6) is 0 Å². The van der Waals surface area contributed by atoms with Gasteiger partial charge in [0.25, 0.3) is 0 Å². The molecule has 1 heterocycles. The summed E-state index contributed by atoms with van der Waals surface area (Å²) >= 11 is 0. The zero-order valence-corrected chi connectivity index (χ0v) is 9.96. The summed E-state index contributed by atoms with van der Waals surface area (Å²) in [5.41, 5.74) is 6.27. The van der Waals surface area contributed by atoms with Gasteiger partial charge in [-0.15, -0.1) is 0 Å². The Balaban J connectivity index is 2.59. The molecule has 1 aliphatic heterocycles. The lowest BCUT2D eigenvalue weighted by atomic mass is 10.1. The molecule has 2 heteroatoms. The molecule has 0 aromatic heterocycles. The van der Waals surface area contributed by atoms with Gasteiger partial charge in [-0.1, -0.05) is 0 Å². The maximum Gasteiger partial charge on any atom is 0.0865 e. The van der Waals surface area contributed by atoms with Crippen LogP contribution in [0, 0.1) is 13.8 Å². The second kappa shape index (κ2) is 3.69. The van der Waals surface area contributed by atoms with E-state index < -0.39 is 0 Å². The Kier molecular flexibility index (Phi) is 2.51. The Hall–Kier alpha value is -1.31. The van der Waals surface area contributed by atoms with E-state index >= 15 is 0 Å². The lowest BCUT2D eigenvalue weighted by Crippen LogP contribution is -2.18. The molecule has 0 aliphatic carbocycles. The van der Waals surface area contributed by atoms with Gasteiger partial charge in [0.15, 0.2) is 0 Å². The number of nitrogens with zero attached hydrogens (tertiary/aromatic N) is 2. The van der Waals surface area contributed by atoms with Crippen molar-refractivity contribution in [2.45, 2.75) is 27.2 Å². The number of rotatable bonds is 0. The normalized spacial score (nSPS) is 15.7. The molecule has 1 aromatic rings. The average molecular weight is 202 g/mol. The SMILES string of the molecule is CC1=Nc2cc(C)c(C)cc2N(C)CC1. The van der Waals surface area contributed by atoms with Gasteiger partial charge in [-0.05, 0) is 44.0 Å². The highest BCUT2D eigenvalue weighted by molar-refractivity contribution is 5.89. The van der Waals surface area contributed by atoms with Crippen molar-refractivity contribution >= 4 is 17.1 Å². The summed E-state index contributed by atoms with van der Waals surface area (Å²) < 4.78 is 0. The summed E-state index contributed by atoms with van der Waals surface area (Å²) in [6, 6.07) is 4.43. The van der Waals surface area contributed by atoms with Crippen LogP contribution in [0.2, 0.25) is 0 Å². The molecule has 0 atom stereocenters. The Morgan fingerprint density at radius 2 is 1.80 bits per heavy atom. The summed E-state index contributed by atoms with van der Waals surface area (Å²) in [6.07, 6.45) is 1.06. The second-order valence-electron chi connectivity index (χ2n) is 4.44. The topological polar surface area (TPSA) is 15.6 Å². The lowest BCUT2D eigenvalue weighted by molar-refractivity contribution is 0.927. The summed E-state index contributed by atoms with van der Waals surface area (Å²) in [4.78, 5) is 6.96. The first-order valence-electron chi connectivity index (χ1n) is 5.44. The zero-order chi connectivity index (χ0) is 11.0. The van der Waals surface area contributed by atoms with E-state index in [1.54, 1.807) is 0 Å². The number of hydrogen-bond donors (Lipinski definition) is 0. The summed E-state index contributed by atoms with van der Waals surface area (Å²) in [6.45, 7) is 7.47. The fourth-order valence-electron chi connectivity index (χ4n) is 1.89. The van der Waals surface area contributed by atoms with Gasteiger partial charge in [-0.2, -0.15) is 0 Å². The molecule has 0 amide bonds. The molecule has 0 saturated carbocycles. The van der Waals surface area contributed by atoms with Crippen molar-refractivity contribution in [2.75, 3.05) is 18.5 Å². The minimum absolute atomic E-state index is 1.06. The third-order valence-corrected chi connectivity index (χ3v) is 3.12. The van der Waals surface area contributed by atoms with E-state index in [2.05, 4.69) is 49.8 Å². The molecule has 0 unspecified atom stereocenters. The Morgan fingerprint density at radius 1 is 1.13 bits per heavy atom. The monoisotopic (exact) mass is 202 g/mol. The maximum absolute atomic E-state index is 4.67. The van der Waals surface area contributed by atoms with Gasteiger partial charge in [-0.3, -0.25) is 4.99 Å². The van der Waals surface area contributed by atoms with Crippen molar-refractivity contribution in [1.29, 1.82) is 0 Å². The Bertz CT molecular complexity index is 419. The quantitative estimate of drug-likeness (QED) is 0.630. The van der Waals surface area contributed by atoms with E-state index in [0.717, 1.165) is 18.7 Å². The number of benzene rings is 1. The average Bonchev–Trinajstić information content (AvgIpc) is 2.30. The zero-order valence-electron chi connectivity index (χ0n) is 9.96. The van der Waals surface area contributed by atoms with Crippen molar-refractivity contribution in [3.63, 3.8) is 0 Å². The van der Waals surface area contributed by atoms with Gasteiger partial charge in [0.05, 0.1) is 11.4 Å². The van der Waals surface area contributed by atoms with Crippen LogP contribution in [-0.2, 0) is 0 Å². The molecule has 1 aliphatic rings. The summed E-state index contributed by atoms with van der Waals surface area (Å²) in [5.74, 6) is 0. The molecular formula is C13H18N2. The van der Waals surface area contributed by atoms with E-state index in [0.29, 0.717) is 0 Å². The number of aliphatic imine (C=N–C) groups is 1. The van der Waals surface area contributed by atoms with E-state index in [-0.39, 0.29) is 0 Å². The molecule has 0 bridgehead atoms. The molecule has 0 saturated heterocycles. The van der Waals surface area contributed by atoms with Crippen LogP contribution < -0.4 is 4.90 Å². The fourth-order valence-corrected chi connectivity index (χ4v) is 1.89. The molecule has 0 fully saturated rings. The molecule has 80 valence electrons. The van der Waals surface area contributed by atoms with Crippen LogP contribution in [0.25, 0.3) is 0 Å². The van der Waals surface area contributed by atoms with Gasteiger partial charge < -0.3 is 4.90 Å². The van der Waals surface area contributed by atoms with Gasteiger partial charge in [0.1, 0.15) is 0 Å². The van der Waals surface area contributed by atoms with E-state index in [1.807, 2.05) is 0 Å². The highest BCUT2D eigenvalue weighted by atomic mass is 15.1. The lowest BCUT2D eigenvalue weighted by Gasteiger charge is -2.19. The van der Waals surface area contributed by atoms with Crippen LogP contribution in [0.4, 0.5) is 11.4 Å². The minimum atomic E-state index is 1.06. The van der Waals surface area contributed by atoms with Crippen molar-refractivity contribution in [1.82, 2.24) is 0 Å². The number of anilines is 1. The van der Waals surface area contributed by atoms with E-state index in [9.17, 15) is 0 Å². The van der Waals surface area contributed by atoms with Crippen LogP contribution in [0.15, 0.2) is 17.1 Å². The predicted octanol–water partition coefficient (Wildman–Crippen LogP) is 3.24. The smallest absolute Gasteiger partial charge is 0.0865 e. The van der Waals surface area contributed by atoms with Crippen LogP contribution >= 0.6 is 0 Å². The Labute approximate surface area is 91.6 Å². The summed E-state index contributed by atoms with van der Waals surface area (Å²) in [7, 11) is 2.14. The fraction of sp³-hybridized carbons (Fsp3) is 0.462. The van der Waals surface area contributed by atoms with Crippen LogP contribution in [-0.4, -0.2) is 19.3 Å². The molecule has 15 heavy (non-hydrogen) atoms. The van der Waals surface area contributed by atoms with E-state index in [1.165, 1.54) is 22.5 Å². The molecule has 0 spiro atoms. The molecule has 0 radical (unpaired) electrons. The van der Waals surface area contributed by atoms with Gasteiger partial charge in [0, 0.05) is 25.7 Å². The van der Waals surface area contributed by atoms with Crippen LogP contribution in [0.3, 0.4) is 0 Å². The highest BCUT2D eigenvalue weighted by Gasteiger charge is 2.13. The second-order valence-corrected chi connectivity index (χ2v) is 4.44. The van der Waals surface area contributed by atoms with Crippen molar-refractivity contribution in [3.05, 3.63) is 23.3 Å². The standard InChI is InChI=1S/C13H18N2/c1-9-7-12-13(8-10(9)2)15(4)6-5-11(3)14-12/h7-8H,5-6H2,1-4H3.